The Kier molecular flexibility index (Phi) is 3.98. The van der Waals surface area contributed by atoms with Gasteiger partial charge in [0.25, 0.3) is 0 Å². The Hall–Kier alpha value is -1.80. The minimum atomic E-state index is 0.197. The molecule has 0 spiro atoms. The number of nitrogens with one attached hydrogen (secondary N) is 1. The van der Waals surface area contributed by atoms with Gasteiger partial charge in [-0.3, -0.25) is 0 Å². The second kappa shape index (κ2) is 5.90. The van der Waals surface area contributed by atoms with Crippen LogP contribution >= 0.6 is 0 Å². The molecule has 1 aliphatic heterocycles. The van der Waals surface area contributed by atoms with E-state index in [1.165, 1.54) is 27.8 Å². The first-order valence-corrected chi connectivity index (χ1v) is 7.76. The summed E-state index contributed by atoms with van der Waals surface area (Å²) in [5.74, 6) is 1.09. The van der Waals surface area contributed by atoms with Crippen LogP contribution in [0, 0.1) is 13.8 Å². The Balaban J connectivity index is 2.10. The van der Waals surface area contributed by atoms with E-state index in [-0.39, 0.29) is 6.04 Å². The Labute approximate surface area is 127 Å². The van der Waals surface area contributed by atoms with Crippen molar-refractivity contribution in [3.63, 3.8) is 0 Å². The van der Waals surface area contributed by atoms with Crippen molar-refractivity contribution in [1.82, 2.24) is 5.32 Å². The molecule has 2 nitrogen and oxygen atoms in total. The molecule has 0 saturated heterocycles. The maximum atomic E-state index is 5.91. The monoisotopic (exact) mass is 281 g/mol. The fraction of sp³-hybridized carbons (Fsp3) is 0.368. The maximum Gasteiger partial charge on any atom is 0.127 e. The van der Waals surface area contributed by atoms with Crippen molar-refractivity contribution in [3.8, 4) is 5.75 Å². The maximum absolute atomic E-state index is 5.91. The van der Waals surface area contributed by atoms with Gasteiger partial charge in [0.05, 0.1) is 12.6 Å². The first-order chi connectivity index (χ1) is 10.2. The highest BCUT2D eigenvalue weighted by Gasteiger charge is 2.23. The molecule has 0 radical (unpaired) electrons. The quantitative estimate of drug-likeness (QED) is 0.916. The zero-order chi connectivity index (χ0) is 14.8. The second-order valence-corrected chi connectivity index (χ2v) is 5.78. The van der Waals surface area contributed by atoms with Gasteiger partial charge in [-0.1, -0.05) is 48.9 Å². The summed E-state index contributed by atoms with van der Waals surface area (Å²) < 4.78 is 5.91. The number of aryl methyl sites for hydroxylation is 2. The molecule has 0 amide bonds. The molecule has 1 heterocycles. The smallest absolute Gasteiger partial charge is 0.127 e. The number of benzene rings is 2. The van der Waals surface area contributed by atoms with Gasteiger partial charge in [0, 0.05) is 12.0 Å². The third kappa shape index (κ3) is 2.68. The van der Waals surface area contributed by atoms with Crippen LogP contribution in [0.4, 0.5) is 0 Å². The molecular formula is C19H23NO. The third-order valence-corrected chi connectivity index (χ3v) is 4.21. The number of para-hydroxylation sites is 1. The molecule has 110 valence electrons. The number of hydrogen-bond acceptors (Lipinski definition) is 2. The summed E-state index contributed by atoms with van der Waals surface area (Å²) >= 11 is 0. The van der Waals surface area contributed by atoms with E-state index in [1.807, 2.05) is 0 Å². The fourth-order valence-electron chi connectivity index (χ4n) is 3.13. The van der Waals surface area contributed by atoms with Crippen molar-refractivity contribution < 1.29 is 4.74 Å². The molecule has 0 bridgehead atoms. The summed E-state index contributed by atoms with van der Waals surface area (Å²) in [5.41, 5.74) is 6.57. The van der Waals surface area contributed by atoms with Crippen LogP contribution in [0.3, 0.4) is 0 Å². The Bertz CT molecular complexity index is 648. The van der Waals surface area contributed by atoms with E-state index < -0.39 is 0 Å². The van der Waals surface area contributed by atoms with Gasteiger partial charge in [-0.05, 0) is 37.1 Å². The van der Waals surface area contributed by atoms with Gasteiger partial charge in [-0.2, -0.15) is 0 Å². The van der Waals surface area contributed by atoms with Crippen LogP contribution in [0.25, 0.3) is 0 Å². The lowest BCUT2D eigenvalue weighted by atomic mass is 9.92. The molecule has 0 aromatic heterocycles. The van der Waals surface area contributed by atoms with Crippen molar-refractivity contribution in [3.05, 3.63) is 64.2 Å². The van der Waals surface area contributed by atoms with E-state index in [1.54, 1.807) is 0 Å². The van der Waals surface area contributed by atoms with Crippen LogP contribution in [0.2, 0.25) is 0 Å². The highest BCUT2D eigenvalue weighted by Crippen LogP contribution is 2.37. The zero-order valence-corrected chi connectivity index (χ0v) is 13.1. The topological polar surface area (TPSA) is 21.3 Å². The first kappa shape index (κ1) is 14.2. The molecule has 0 aliphatic carbocycles. The second-order valence-electron chi connectivity index (χ2n) is 5.78. The minimum absolute atomic E-state index is 0.197. The van der Waals surface area contributed by atoms with Gasteiger partial charge >= 0.3 is 0 Å². The van der Waals surface area contributed by atoms with Crippen LogP contribution in [-0.4, -0.2) is 13.2 Å². The molecule has 2 aromatic rings. The normalized spacial score (nSPS) is 14.6. The predicted molar refractivity (Wildman–Crippen MR) is 87.1 cm³/mol. The number of ether oxygens (including phenoxy) is 1. The van der Waals surface area contributed by atoms with E-state index in [4.69, 9.17) is 4.74 Å². The van der Waals surface area contributed by atoms with Crippen molar-refractivity contribution in [1.29, 1.82) is 0 Å². The third-order valence-electron chi connectivity index (χ3n) is 4.21. The van der Waals surface area contributed by atoms with Crippen molar-refractivity contribution >= 4 is 0 Å². The summed E-state index contributed by atoms with van der Waals surface area (Å²) in [4.78, 5) is 0. The van der Waals surface area contributed by atoms with Crippen molar-refractivity contribution in [2.75, 3.05) is 13.2 Å². The number of rotatable bonds is 4. The van der Waals surface area contributed by atoms with Crippen LogP contribution < -0.4 is 10.1 Å². The fourth-order valence-corrected chi connectivity index (χ4v) is 3.13. The zero-order valence-electron chi connectivity index (χ0n) is 13.1. The average Bonchev–Trinajstić information content (AvgIpc) is 2.96. The van der Waals surface area contributed by atoms with Crippen LogP contribution in [0.1, 0.15) is 40.8 Å². The van der Waals surface area contributed by atoms with Crippen molar-refractivity contribution in [2.24, 2.45) is 0 Å². The molecule has 0 fully saturated rings. The van der Waals surface area contributed by atoms with E-state index in [0.29, 0.717) is 0 Å². The lowest BCUT2D eigenvalue weighted by Gasteiger charge is -2.23. The van der Waals surface area contributed by atoms with E-state index in [2.05, 4.69) is 62.5 Å². The Morgan fingerprint density at radius 3 is 2.81 bits per heavy atom. The number of hydrogen-bond donors (Lipinski definition) is 1. The van der Waals surface area contributed by atoms with Gasteiger partial charge < -0.3 is 10.1 Å². The molecule has 0 saturated carbocycles. The highest BCUT2D eigenvalue weighted by molar-refractivity contribution is 5.50. The average molecular weight is 281 g/mol. The van der Waals surface area contributed by atoms with E-state index in [0.717, 1.165) is 25.3 Å². The molecule has 1 N–H and O–H groups in total. The van der Waals surface area contributed by atoms with Gasteiger partial charge in [0.2, 0.25) is 0 Å². The first-order valence-electron chi connectivity index (χ1n) is 7.76. The molecular weight excluding hydrogens is 258 g/mol. The molecule has 3 rings (SSSR count). The lowest BCUT2D eigenvalue weighted by molar-refractivity contribution is 0.350. The summed E-state index contributed by atoms with van der Waals surface area (Å²) in [6, 6.07) is 13.4. The SMILES string of the molecule is CCNC(c1cc(C)ccc1C)c1cccc2c1OCC2. The van der Waals surface area contributed by atoms with Crippen molar-refractivity contribution in [2.45, 2.75) is 33.2 Å². The largest absolute Gasteiger partial charge is 0.493 e. The molecule has 1 unspecified atom stereocenters. The molecule has 2 aromatic carbocycles. The summed E-state index contributed by atoms with van der Waals surface area (Å²) in [7, 11) is 0. The highest BCUT2D eigenvalue weighted by atomic mass is 16.5. The van der Waals surface area contributed by atoms with Gasteiger partial charge in [-0.15, -0.1) is 0 Å². The summed E-state index contributed by atoms with van der Waals surface area (Å²) in [6.45, 7) is 8.23. The molecule has 21 heavy (non-hydrogen) atoms. The number of fused-ring (bicyclic) bond motifs is 1. The van der Waals surface area contributed by atoms with Gasteiger partial charge in [0.15, 0.2) is 0 Å². The molecule has 1 atom stereocenters. The van der Waals surface area contributed by atoms with E-state index in [9.17, 15) is 0 Å². The Morgan fingerprint density at radius 2 is 2.00 bits per heavy atom. The van der Waals surface area contributed by atoms with Crippen LogP contribution in [0.15, 0.2) is 36.4 Å². The van der Waals surface area contributed by atoms with Gasteiger partial charge in [0.1, 0.15) is 5.75 Å². The van der Waals surface area contributed by atoms with E-state index >= 15 is 0 Å². The lowest BCUT2D eigenvalue weighted by Crippen LogP contribution is -2.23. The summed E-state index contributed by atoms with van der Waals surface area (Å²) in [5, 5.41) is 3.63. The molecule has 2 heteroatoms. The standard InChI is InChI=1S/C19H23NO/c1-4-20-18(17-12-13(2)8-9-14(17)3)16-7-5-6-15-10-11-21-19(15)16/h5-9,12,18,20H,4,10-11H2,1-3H3. The minimum Gasteiger partial charge on any atom is -0.493 e. The molecule has 1 aliphatic rings. The Morgan fingerprint density at radius 1 is 1.14 bits per heavy atom. The van der Waals surface area contributed by atoms with Crippen LogP contribution in [0.5, 0.6) is 5.75 Å². The van der Waals surface area contributed by atoms with Gasteiger partial charge in [-0.25, -0.2) is 0 Å². The predicted octanol–water partition coefficient (Wildman–Crippen LogP) is 3.94. The van der Waals surface area contributed by atoms with Crippen LogP contribution in [-0.2, 0) is 6.42 Å². The summed E-state index contributed by atoms with van der Waals surface area (Å²) in [6.07, 6.45) is 1.02.